The second-order valence-corrected chi connectivity index (χ2v) is 16.0. The smallest absolute Gasteiger partial charge is 0.471 e. The highest BCUT2D eigenvalue weighted by Crippen LogP contribution is 2.37. The summed E-state index contributed by atoms with van der Waals surface area (Å²) in [6.07, 6.45) is 3.29. The molecule has 2 amide bonds. The molecule has 0 aliphatic heterocycles. The Hall–Kier alpha value is -5.32. The minimum Gasteiger partial charge on any atom is -0.494 e. The van der Waals surface area contributed by atoms with E-state index in [0.29, 0.717) is 41.6 Å². The number of aromatic nitrogens is 3. The number of carbonyl (C=O) groups excluding carboxylic acids is 3. The SMILES string of the molecule is [C-]#[N+]c1cn2[nH]c(-c3ccc(OCC)c(Cc4cc(C)ccc4OC(CCCCCCCC)C(=O)NC(=O)C(F)(F)F)c3)nc2c1C(=O)OC1C(C)CCC(C)CC1C. The second-order valence-electron chi connectivity index (χ2n) is 16.0. The molecule has 0 radical (unpaired) electrons. The van der Waals surface area contributed by atoms with Crippen LogP contribution in [0.25, 0.3) is 21.9 Å². The first-order valence-corrected chi connectivity index (χ1v) is 20.8. The number of aromatic amines is 1. The summed E-state index contributed by atoms with van der Waals surface area (Å²) in [5, 5.41) is 4.68. The van der Waals surface area contributed by atoms with Crippen molar-refractivity contribution in [3.05, 3.63) is 76.3 Å². The molecule has 2 heterocycles. The van der Waals surface area contributed by atoms with Crippen LogP contribution in [0.5, 0.6) is 11.5 Å². The number of imide groups is 1. The standard InChI is InChI=1S/C45H56F3N5O6/c1-8-10-11-12-13-14-15-37(42(54)51-44(56)45(46,47)48)58-36-20-17-28(4)23-32(36)25-33-24-31(19-21-35(33)57-9-2)40-50-41-38(34(49-7)26-53(41)52-40)43(55)59-39-29(5)18-16-27(3)22-30(39)6/h17,19-21,23-24,26-27,29-30,37,39H,8-16,18,22,25H2,1-6H3,(H,50,52)(H,51,54,56). The van der Waals surface area contributed by atoms with Crippen LogP contribution >= 0.6 is 0 Å². The Bertz CT molecular complexity index is 2140. The summed E-state index contributed by atoms with van der Waals surface area (Å²) in [5.74, 6) is -1.94. The number of H-pyrrole nitrogens is 1. The number of fused-ring (bicyclic) bond motifs is 1. The molecule has 5 rings (SSSR count). The maximum absolute atomic E-state index is 13.8. The number of nitrogens with zero attached hydrogens (tertiary/aromatic N) is 3. The Morgan fingerprint density at radius 1 is 0.983 bits per heavy atom. The monoisotopic (exact) mass is 819 g/mol. The second kappa shape index (κ2) is 20.1. The fraction of sp³-hybridized carbons (Fsp3) is 0.533. The van der Waals surface area contributed by atoms with Gasteiger partial charge < -0.3 is 14.2 Å². The summed E-state index contributed by atoms with van der Waals surface area (Å²) in [5.41, 5.74) is 3.39. The molecule has 2 N–H and O–H groups in total. The van der Waals surface area contributed by atoms with Gasteiger partial charge in [-0.3, -0.25) is 24.5 Å². The Kier molecular flexibility index (Phi) is 15.2. The van der Waals surface area contributed by atoms with Crippen LogP contribution in [-0.2, 0) is 20.7 Å². The third kappa shape index (κ3) is 11.5. The van der Waals surface area contributed by atoms with Gasteiger partial charge in [-0.05, 0) is 92.7 Å². The van der Waals surface area contributed by atoms with E-state index >= 15 is 0 Å². The Balaban J connectivity index is 1.44. The highest BCUT2D eigenvalue weighted by Gasteiger charge is 2.41. The van der Waals surface area contributed by atoms with Crippen molar-refractivity contribution in [1.82, 2.24) is 19.9 Å². The summed E-state index contributed by atoms with van der Waals surface area (Å²) in [6.45, 7) is 20.4. The number of nitrogens with one attached hydrogen (secondary N) is 2. The highest BCUT2D eigenvalue weighted by molar-refractivity contribution is 6.03. The van der Waals surface area contributed by atoms with Gasteiger partial charge in [-0.15, -0.1) is 0 Å². The lowest BCUT2D eigenvalue weighted by Gasteiger charge is -2.27. The van der Waals surface area contributed by atoms with Gasteiger partial charge >= 0.3 is 18.1 Å². The molecule has 4 aromatic rings. The quantitative estimate of drug-likeness (QED) is 0.0470. The van der Waals surface area contributed by atoms with Gasteiger partial charge in [0.05, 0.1) is 13.2 Å². The molecule has 0 bridgehead atoms. The summed E-state index contributed by atoms with van der Waals surface area (Å²) in [4.78, 5) is 47.1. The van der Waals surface area contributed by atoms with Gasteiger partial charge in [0, 0.05) is 18.2 Å². The van der Waals surface area contributed by atoms with Crippen LogP contribution in [-0.4, -0.2) is 57.4 Å². The fourth-order valence-corrected chi connectivity index (χ4v) is 8.00. The molecular formula is C45H56F3N5O6. The number of carbonyl (C=O) groups is 3. The summed E-state index contributed by atoms with van der Waals surface area (Å²) >= 11 is 0. The molecule has 1 saturated carbocycles. The van der Waals surface area contributed by atoms with Crippen LogP contribution in [0.3, 0.4) is 0 Å². The maximum Gasteiger partial charge on any atom is 0.471 e. The summed E-state index contributed by atoms with van der Waals surface area (Å²) < 4.78 is 59.3. The Morgan fingerprint density at radius 3 is 2.41 bits per heavy atom. The predicted molar refractivity (Wildman–Crippen MR) is 219 cm³/mol. The zero-order valence-corrected chi connectivity index (χ0v) is 34.8. The van der Waals surface area contributed by atoms with Gasteiger partial charge in [0.1, 0.15) is 23.2 Å². The number of rotatable bonds is 17. The van der Waals surface area contributed by atoms with Crippen LogP contribution < -0.4 is 14.8 Å². The molecule has 0 spiro atoms. The van der Waals surface area contributed by atoms with Crippen molar-refractivity contribution in [2.75, 3.05) is 6.61 Å². The Morgan fingerprint density at radius 2 is 1.69 bits per heavy atom. The molecule has 59 heavy (non-hydrogen) atoms. The number of alkyl halides is 3. The first kappa shape index (κ1) is 44.8. The van der Waals surface area contributed by atoms with Crippen molar-refractivity contribution in [3.63, 3.8) is 0 Å². The van der Waals surface area contributed by atoms with E-state index in [0.717, 1.165) is 62.5 Å². The molecule has 14 heteroatoms. The largest absolute Gasteiger partial charge is 0.494 e. The molecule has 0 saturated heterocycles. The minimum absolute atomic E-state index is 0.100. The zero-order valence-electron chi connectivity index (χ0n) is 34.8. The van der Waals surface area contributed by atoms with Crippen molar-refractivity contribution < 1.29 is 41.8 Å². The normalized spacial score (nSPS) is 18.8. The molecule has 2 aromatic carbocycles. The molecule has 1 aliphatic carbocycles. The number of amides is 2. The molecule has 5 atom stereocenters. The molecule has 1 aliphatic rings. The van der Waals surface area contributed by atoms with E-state index in [4.69, 9.17) is 25.8 Å². The fourth-order valence-electron chi connectivity index (χ4n) is 8.00. The van der Waals surface area contributed by atoms with E-state index < -0.39 is 30.1 Å². The van der Waals surface area contributed by atoms with E-state index in [1.165, 1.54) is 11.5 Å². The number of hydrogen-bond donors (Lipinski definition) is 2. The number of ether oxygens (including phenoxy) is 3. The third-order valence-corrected chi connectivity index (χ3v) is 11.1. The molecule has 2 aromatic heterocycles. The predicted octanol–water partition coefficient (Wildman–Crippen LogP) is 10.5. The van der Waals surface area contributed by atoms with Crippen molar-refractivity contribution >= 4 is 29.1 Å². The van der Waals surface area contributed by atoms with Gasteiger partial charge in [-0.2, -0.15) is 13.2 Å². The van der Waals surface area contributed by atoms with E-state index in [2.05, 4.69) is 37.6 Å². The number of unbranched alkanes of at least 4 members (excludes halogenated alkanes) is 5. The van der Waals surface area contributed by atoms with Gasteiger partial charge in [0.2, 0.25) is 5.69 Å². The lowest BCUT2D eigenvalue weighted by atomic mass is 9.91. The van der Waals surface area contributed by atoms with Crippen LogP contribution in [0.2, 0.25) is 0 Å². The maximum atomic E-state index is 13.8. The summed E-state index contributed by atoms with van der Waals surface area (Å²) in [6, 6.07) is 10.8. The number of esters is 1. The molecule has 318 valence electrons. The van der Waals surface area contributed by atoms with E-state index in [1.807, 2.05) is 32.0 Å². The Labute approximate surface area is 344 Å². The molecular weight excluding hydrogens is 764 g/mol. The topological polar surface area (TPSA) is 128 Å². The average molecular weight is 820 g/mol. The van der Waals surface area contributed by atoms with Crippen LogP contribution in [0.1, 0.15) is 126 Å². The first-order chi connectivity index (χ1) is 28.1. The van der Waals surface area contributed by atoms with Gasteiger partial charge in [-0.25, -0.2) is 14.6 Å². The lowest BCUT2D eigenvalue weighted by molar-refractivity contribution is -0.175. The molecule has 1 fully saturated rings. The van der Waals surface area contributed by atoms with E-state index in [-0.39, 0.29) is 53.4 Å². The van der Waals surface area contributed by atoms with Crippen molar-refractivity contribution in [2.45, 2.75) is 131 Å². The van der Waals surface area contributed by atoms with Gasteiger partial charge in [0.25, 0.3) is 5.91 Å². The minimum atomic E-state index is -5.23. The number of halogens is 3. The van der Waals surface area contributed by atoms with Crippen molar-refractivity contribution in [1.29, 1.82) is 0 Å². The van der Waals surface area contributed by atoms with Crippen molar-refractivity contribution in [3.8, 4) is 22.9 Å². The average Bonchev–Trinajstić information content (AvgIpc) is 3.72. The number of hydrogen-bond acceptors (Lipinski definition) is 7. The van der Waals surface area contributed by atoms with E-state index in [1.54, 1.807) is 22.7 Å². The summed E-state index contributed by atoms with van der Waals surface area (Å²) in [7, 11) is 0. The van der Waals surface area contributed by atoms with Crippen molar-refractivity contribution in [2.24, 2.45) is 17.8 Å². The lowest BCUT2D eigenvalue weighted by Crippen LogP contribution is -2.47. The first-order valence-electron chi connectivity index (χ1n) is 20.8. The third-order valence-electron chi connectivity index (χ3n) is 11.1. The van der Waals surface area contributed by atoms with Gasteiger partial charge in [0.15, 0.2) is 17.6 Å². The molecule has 5 unspecified atom stereocenters. The highest BCUT2D eigenvalue weighted by atomic mass is 19.4. The zero-order chi connectivity index (χ0) is 42.9. The van der Waals surface area contributed by atoms with Crippen LogP contribution in [0, 0.1) is 31.2 Å². The number of aryl methyl sites for hydroxylation is 1. The molecule has 11 nitrogen and oxygen atoms in total. The van der Waals surface area contributed by atoms with Crippen LogP contribution in [0.4, 0.5) is 18.9 Å². The van der Waals surface area contributed by atoms with Gasteiger partial charge in [-0.1, -0.05) is 83.9 Å². The number of benzene rings is 2. The van der Waals surface area contributed by atoms with Crippen LogP contribution in [0.15, 0.2) is 42.6 Å². The van der Waals surface area contributed by atoms with E-state index in [9.17, 15) is 27.6 Å².